The summed E-state index contributed by atoms with van der Waals surface area (Å²) in [5, 5.41) is 0. The third-order valence-corrected chi connectivity index (χ3v) is 11.4. The summed E-state index contributed by atoms with van der Waals surface area (Å²) in [5.74, 6) is 11.0. The van der Waals surface area contributed by atoms with Crippen molar-refractivity contribution in [3.8, 4) is 0 Å². The zero-order valence-corrected chi connectivity index (χ0v) is 23.3. The SMILES string of the molecule is CCC(CCC(C)C(C)CCC(C)C)C1CCC2CCC(C(C)C3CCC(C)CC3)CC21. The van der Waals surface area contributed by atoms with Gasteiger partial charge in [0.05, 0.1) is 0 Å². The van der Waals surface area contributed by atoms with Crippen LogP contribution in [-0.2, 0) is 0 Å². The molecule has 0 aromatic carbocycles. The lowest BCUT2D eigenvalue weighted by Crippen LogP contribution is -2.34. The van der Waals surface area contributed by atoms with E-state index in [0.29, 0.717) is 0 Å². The van der Waals surface area contributed by atoms with Gasteiger partial charge in [0.1, 0.15) is 0 Å². The molecule has 3 aliphatic rings. The molecule has 0 radical (unpaired) electrons. The van der Waals surface area contributed by atoms with Gasteiger partial charge in [0, 0.05) is 0 Å². The third-order valence-electron chi connectivity index (χ3n) is 11.4. The monoisotopic (exact) mass is 444 g/mol. The molecule has 8 atom stereocenters. The molecule has 0 heteroatoms. The molecule has 3 rings (SSSR count). The first kappa shape index (κ1) is 26.6. The van der Waals surface area contributed by atoms with Crippen molar-refractivity contribution in [3.63, 3.8) is 0 Å². The molecule has 0 bridgehead atoms. The van der Waals surface area contributed by atoms with Crippen molar-refractivity contribution in [2.75, 3.05) is 0 Å². The molecule has 32 heavy (non-hydrogen) atoms. The Kier molecular flexibility index (Phi) is 10.5. The van der Waals surface area contributed by atoms with Crippen LogP contribution in [0.4, 0.5) is 0 Å². The van der Waals surface area contributed by atoms with Crippen molar-refractivity contribution in [2.24, 2.45) is 65.1 Å². The molecule has 8 unspecified atom stereocenters. The maximum atomic E-state index is 2.66. The Balaban J connectivity index is 1.52. The summed E-state index contributed by atoms with van der Waals surface area (Å²) >= 11 is 0. The van der Waals surface area contributed by atoms with Gasteiger partial charge in [-0.15, -0.1) is 0 Å². The first-order valence-electron chi connectivity index (χ1n) is 15.3. The van der Waals surface area contributed by atoms with Crippen LogP contribution in [-0.4, -0.2) is 0 Å². The smallest absolute Gasteiger partial charge is 0.0352 e. The number of hydrogen-bond acceptors (Lipinski definition) is 0. The Morgan fingerprint density at radius 1 is 0.656 bits per heavy atom. The largest absolute Gasteiger partial charge is 0.0651 e. The lowest BCUT2D eigenvalue weighted by atomic mass is 9.63. The van der Waals surface area contributed by atoms with Gasteiger partial charge in [-0.2, -0.15) is 0 Å². The summed E-state index contributed by atoms with van der Waals surface area (Å²) in [6, 6.07) is 0. The molecular weight excluding hydrogens is 384 g/mol. The van der Waals surface area contributed by atoms with Gasteiger partial charge in [0.2, 0.25) is 0 Å². The highest BCUT2D eigenvalue weighted by Crippen LogP contribution is 2.54. The average molecular weight is 445 g/mol. The lowest BCUT2D eigenvalue weighted by molar-refractivity contribution is 0.0734. The summed E-state index contributed by atoms with van der Waals surface area (Å²) < 4.78 is 0. The van der Waals surface area contributed by atoms with Gasteiger partial charge >= 0.3 is 0 Å². The van der Waals surface area contributed by atoms with Crippen molar-refractivity contribution < 1.29 is 0 Å². The average Bonchev–Trinajstić information content (AvgIpc) is 3.21. The minimum absolute atomic E-state index is 0.863. The van der Waals surface area contributed by atoms with E-state index in [1.54, 1.807) is 32.1 Å². The highest BCUT2D eigenvalue weighted by molar-refractivity contribution is 4.94. The molecule has 188 valence electrons. The fourth-order valence-corrected chi connectivity index (χ4v) is 8.43. The van der Waals surface area contributed by atoms with E-state index in [-0.39, 0.29) is 0 Å². The summed E-state index contributed by atoms with van der Waals surface area (Å²) in [7, 11) is 0. The van der Waals surface area contributed by atoms with E-state index in [0.717, 1.165) is 65.1 Å². The molecule has 3 aliphatic carbocycles. The van der Waals surface area contributed by atoms with Crippen LogP contribution in [0.1, 0.15) is 138 Å². The highest BCUT2D eigenvalue weighted by Gasteiger charge is 2.44. The predicted molar refractivity (Wildman–Crippen MR) is 143 cm³/mol. The van der Waals surface area contributed by atoms with Crippen molar-refractivity contribution in [2.45, 2.75) is 138 Å². The number of fused-ring (bicyclic) bond motifs is 1. The molecular formula is C32H60. The van der Waals surface area contributed by atoms with E-state index >= 15 is 0 Å². The van der Waals surface area contributed by atoms with Crippen LogP contribution in [0, 0.1) is 65.1 Å². The second-order valence-corrected chi connectivity index (χ2v) is 13.8. The van der Waals surface area contributed by atoms with Crippen LogP contribution >= 0.6 is 0 Å². The van der Waals surface area contributed by atoms with E-state index in [1.165, 1.54) is 57.8 Å². The molecule has 0 saturated heterocycles. The van der Waals surface area contributed by atoms with Gasteiger partial charge in [0.15, 0.2) is 0 Å². The molecule has 3 fully saturated rings. The second kappa shape index (κ2) is 12.6. The van der Waals surface area contributed by atoms with Gasteiger partial charge in [0.25, 0.3) is 0 Å². The molecule has 0 nitrogen and oxygen atoms in total. The molecule has 0 heterocycles. The normalized spacial score (nSPS) is 37.1. The van der Waals surface area contributed by atoms with Crippen LogP contribution in [0.15, 0.2) is 0 Å². The summed E-state index contributed by atoms with van der Waals surface area (Å²) in [5.41, 5.74) is 0. The summed E-state index contributed by atoms with van der Waals surface area (Å²) in [6.45, 7) is 17.5. The van der Waals surface area contributed by atoms with Gasteiger partial charge in [-0.3, -0.25) is 0 Å². The van der Waals surface area contributed by atoms with Crippen LogP contribution in [0.5, 0.6) is 0 Å². The summed E-state index contributed by atoms with van der Waals surface area (Å²) in [6.07, 6.45) is 21.2. The number of hydrogen-bond donors (Lipinski definition) is 0. The maximum Gasteiger partial charge on any atom is -0.0352 e. The Labute approximate surface area is 203 Å². The minimum Gasteiger partial charge on any atom is -0.0651 e. The predicted octanol–water partition coefficient (Wildman–Crippen LogP) is 10.4. The minimum atomic E-state index is 0.863. The zero-order valence-electron chi connectivity index (χ0n) is 23.3. The molecule has 0 N–H and O–H groups in total. The highest BCUT2D eigenvalue weighted by atomic mass is 14.5. The van der Waals surface area contributed by atoms with Gasteiger partial charge in [-0.05, 0) is 116 Å². The molecule has 0 aromatic rings. The lowest BCUT2D eigenvalue weighted by Gasteiger charge is -2.43. The van der Waals surface area contributed by atoms with Crippen LogP contribution in [0.25, 0.3) is 0 Å². The van der Waals surface area contributed by atoms with Gasteiger partial charge < -0.3 is 0 Å². The topological polar surface area (TPSA) is 0 Å². The van der Waals surface area contributed by atoms with E-state index in [9.17, 15) is 0 Å². The van der Waals surface area contributed by atoms with Crippen molar-refractivity contribution >= 4 is 0 Å². The first-order chi connectivity index (χ1) is 15.3. The Morgan fingerprint density at radius 3 is 1.88 bits per heavy atom. The Bertz CT molecular complexity index is 512. The van der Waals surface area contributed by atoms with E-state index in [4.69, 9.17) is 0 Å². The quantitative estimate of drug-likeness (QED) is 0.297. The molecule has 3 saturated carbocycles. The fraction of sp³-hybridized carbons (Fsp3) is 1.00. The van der Waals surface area contributed by atoms with E-state index in [2.05, 4.69) is 48.5 Å². The van der Waals surface area contributed by atoms with Crippen molar-refractivity contribution in [1.82, 2.24) is 0 Å². The first-order valence-corrected chi connectivity index (χ1v) is 15.3. The molecule has 0 amide bonds. The van der Waals surface area contributed by atoms with Gasteiger partial charge in [-0.25, -0.2) is 0 Å². The fourth-order valence-electron chi connectivity index (χ4n) is 8.43. The van der Waals surface area contributed by atoms with Crippen molar-refractivity contribution in [3.05, 3.63) is 0 Å². The van der Waals surface area contributed by atoms with E-state index in [1.807, 2.05) is 0 Å². The molecule has 0 aromatic heterocycles. The van der Waals surface area contributed by atoms with Crippen LogP contribution in [0.2, 0.25) is 0 Å². The maximum absolute atomic E-state index is 2.66. The van der Waals surface area contributed by atoms with Gasteiger partial charge in [-0.1, -0.05) is 87.0 Å². The molecule has 0 spiro atoms. The van der Waals surface area contributed by atoms with E-state index < -0.39 is 0 Å². The zero-order chi connectivity index (χ0) is 23.3. The Hall–Kier alpha value is 0. The standard InChI is InChI=1S/C32H60/c1-8-27(16-13-25(6)24(5)12-9-22(2)3)31-20-19-29-17-18-30(21-32(29)31)26(7)28-14-10-23(4)11-15-28/h22-32H,8-21H2,1-7H3. The van der Waals surface area contributed by atoms with Crippen molar-refractivity contribution in [1.29, 1.82) is 0 Å². The third kappa shape index (κ3) is 7.01. The molecule has 0 aliphatic heterocycles. The number of rotatable bonds is 11. The second-order valence-electron chi connectivity index (χ2n) is 13.8. The Morgan fingerprint density at radius 2 is 1.25 bits per heavy atom. The van der Waals surface area contributed by atoms with Crippen LogP contribution in [0.3, 0.4) is 0 Å². The summed E-state index contributed by atoms with van der Waals surface area (Å²) in [4.78, 5) is 0. The van der Waals surface area contributed by atoms with Crippen LogP contribution < -0.4 is 0 Å².